The molecule has 0 aliphatic carbocycles. The van der Waals surface area contributed by atoms with Crippen molar-refractivity contribution in [3.63, 3.8) is 0 Å². The summed E-state index contributed by atoms with van der Waals surface area (Å²) in [6.45, 7) is 0. The van der Waals surface area contributed by atoms with Crippen LogP contribution in [0, 0.1) is 0 Å². The molecule has 4 rings (SSSR count). The fourth-order valence-corrected chi connectivity index (χ4v) is 3.37. The molecular weight excluding hydrogens is 426 g/mol. The molecule has 11 heteroatoms. The average Bonchev–Trinajstić information content (AvgIpc) is 3.10. The molecule has 0 amide bonds. The number of halogens is 1. The summed E-state index contributed by atoms with van der Waals surface area (Å²) in [5, 5.41) is 6.53. The zero-order valence-electron chi connectivity index (χ0n) is 16.0. The first-order valence-electron chi connectivity index (χ1n) is 8.82. The van der Waals surface area contributed by atoms with Crippen LogP contribution in [0.1, 0.15) is 0 Å². The van der Waals surface area contributed by atoms with Crippen molar-refractivity contribution in [3.05, 3.63) is 60.0 Å². The lowest BCUT2D eigenvalue weighted by Gasteiger charge is -2.24. The second-order valence-corrected chi connectivity index (χ2v) is 7.82. The molecule has 2 heterocycles. The topological polar surface area (TPSA) is 111 Å². The summed E-state index contributed by atoms with van der Waals surface area (Å²) in [5.41, 5.74) is 3.64. The zero-order valence-corrected chi connectivity index (χ0v) is 17.6. The summed E-state index contributed by atoms with van der Waals surface area (Å²) in [6, 6.07) is 12.7. The quantitative estimate of drug-likeness (QED) is 0.437. The van der Waals surface area contributed by atoms with Crippen molar-refractivity contribution in [1.82, 2.24) is 19.5 Å². The summed E-state index contributed by atoms with van der Waals surface area (Å²) in [5.74, 6) is 0.676. The highest BCUT2D eigenvalue weighted by Crippen LogP contribution is 2.31. The Balaban J connectivity index is 1.62. The van der Waals surface area contributed by atoms with E-state index < -0.39 is 11.3 Å². The van der Waals surface area contributed by atoms with Crippen molar-refractivity contribution < 1.29 is 8.76 Å². The van der Waals surface area contributed by atoms with Gasteiger partial charge in [0.25, 0.3) is 0 Å². The third-order valence-electron chi connectivity index (χ3n) is 4.45. The van der Waals surface area contributed by atoms with Gasteiger partial charge in [0.15, 0.2) is 5.82 Å². The minimum Gasteiger partial charge on any atom is -0.755 e. The molecular formula is C19H17ClN7O2S-. The Kier molecular flexibility index (Phi) is 5.53. The molecule has 4 aromatic rings. The number of nitrogens with zero attached hydrogens (tertiary/aromatic N) is 5. The molecule has 0 radical (unpaired) electrons. The minimum absolute atomic E-state index is 0.295. The molecule has 2 N–H and O–H groups in total. The highest BCUT2D eigenvalue weighted by Gasteiger charge is 2.12. The van der Waals surface area contributed by atoms with Crippen molar-refractivity contribution in [2.75, 3.05) is 22.0 Å². The molecule has 0 fully saturated rings. The molecule has 2 aromatic heterocycles. The number of hydrogen-bond donors (Lipinski definition) is 2. The lowest BCUT2D eigenvalue weighted by molar-refractivity contribution is 0.535. The number of hydrogen-bond acceptors (Lipinski definition) is 7. The van der Waals surface area contributed by atoms with E-state index in [1.54, 1.807) is 30.6 Å². The number of aromatic nitrogens is 4. The van der Waals surface area contributed by atoms with Gasteiger partial charge in [0.2, 0.25) is 5.95 Å². The van der Waals surface area contributed by atoms with E-state index in [9.17, 15) is 8.76 Å². The molecule has 2 aromatic carbocycles. The normalized spacial score (nSPS) is 12.0. The van der Waals surface area contributed by atoms with Crippen molar-refractivity contribution in [1.29, 1.82) is 0 Å². The van der Waals surface area contributed by atoms with E-state index >= 15 is 0 Å². The molecule has 30 heavy (non-hydrogen) atoms. The third-order valence-corrected chi connectivity index (χ3v) is 5.37. The zero-order chi connectivity index (χ0) is 21.3. The van der Waals surface area contributed by atoms with Gasteiger partial charge < -0.3 is 24.1 Å². The maximum absolute atomic E-state index is 11.4. The number of fused-ring (bicyclic) bond motifs is 1. The van der Waals surface area contributed by atoms with Crippen LogP contribution >= 0.6 is 11.6 Å². The summed E-state index contributed by atoms with van der Waals surface area (Å²) in [7, 11) is 3.37. The van der Waals surface area contributed by atoms with Crippen molar-refractivity contribution in [3.8, 4) is 0 Å². The lowest BCUT2D eigenvalue weighted by atomic mass is 10.2. The Labute approximate surface area is 180 Å². The maximum atomic E-state index is 11.4. The van der Waals surface area contributed by atoms with Gasteiger partial charge in [0, 0.05) is 31.0 Å². The predicted octanol–water partition coefficient (Wildman–Crippen LogP) is 3.73. The Morgan fingerprint density at radius 3 is 2.77 bits per heavy atom. The van der Waals surface area contributed by atoms with Crippen LogP contribution in [0.3, 0.4) is 0 Å². The van der Waals surface area contributed by atoms with E-state index in [1.807, 2.05) is 29.8 Å². The molecule has 9 nitrogen and oxygen atoms in total. The van der Waals surface area contributed by atoms with Crippen LogP contribution in [-0.4, -0.2) is 35.3 Å². The largest absolute Gasteiger partial charge is 0.755 e. The minimum atomic E-state index is -2.42. The van der Waals surface area contributed by atoms with Gasteiger partial charge in [0.05, 0.1) is 34.9 Å². The van der Waals surface area contributed by atoms with Crippen molar-refractivity contribution >= 4 is 62.7 Å². The SMILES string of the molecule is CN(c1ccccc1Nc1nc(Nc2ccc3ncn(C)c3c2)ncc1Cl)S(=O)[O-]. The number of imidazole rings is 1. The van der Waals surface area contributed by atoms with Gasteiger partial charge in [-0.1, -0.05) is 23.7 Å². The molecule has 0 aliphatic rings. The van der Waals surface area contributed by atoms with Crippen LogP contribution < -0.4 is 14.9 Å². The number of anilines is 5. The average molecular weight is 443 g/mol. The summed E-state index contributed by atoms with van der Waals surface area (Å²) < 4.78 is 25.7. The first-order chi connectivity index (χ1) is 14.4. The van der Waals surface area contributed by atoms with Gasteiger partial charge >= 0.3 is 0 Å². The third kappa shape index (κ3) is 4.06. The Hall–Kier alpha value is -3.21. The highest BCUT2D eigenvalue weighted by atomic mass is 35.5. The second-order valence-electron chi connectivity index (χ2n) is 6.43. The molecule has 0 bridgehead atoms. The van der Waals surface area contributed by atoms with Crippen LogP contribution in [-0.2, 0) is 18.3 Å². The van der Waals surface area contributed by atoms with E-state index in [0.717, 1.165) is 21.0 Å². The molecule has 0 saturated heterocycles. The summed E-state index contributed by atoms with van der Waals surface area (Å²) in [4.78, 5) is 13.0. The summed E-state index contributed by atoms with van der Waals surface area (Å²) >= 11 is 3.85. The number of nitrogens with one attached hydrogen (secondary N) is 2. The van der Waals surface area contributed by atoms with Crippen LogP contribution in [0.4, 0.5) is 28.8 Å². The van der Waals surface area contributed by atoms with Crippen LogP contribution in [0.2, 0.25) is 5.02 Å². The fourth-order valence-electron chi connectivity index (χ4n) is 2.91. The standard InChI is InChI=1S/C19H18ClN7O2S/c1-26-11-22-14-8-7-12(9-17(14)26)23-19-21-10-13(20)18(25-19)24-15-5-3-4-6-16(15)27(2)30(28)29/h3-11H,1-2H3,(H,28,29)(H2,21,23,24,25)/p-1. The molecule has 154 valence electrons. The van der Waals surface area contributed by atoms with Crippen molar-refractivity contribution in [2.45, 2.75) is 0 Å². The molecule has 0 spiro atoms. The van der Waals surface area contributed by atoms with E-state index in [1.165, 1.54) is 13.2 Å². The Morgan fingerprint density at radius 1 is 1.17 bits per heavy atom. The first-order valence-corrected chi connectivity index (χ1v) is 10.2. The van der Waals surface area contributed by atoms with E-state index in [2.05, 4.69) is 25.6 Å². The monoisotopic (exact) mass is 442 g/mol. The van der Waals surface area contributed by atoms with E-state index in [-0.39, 0.29) is 0 Å². The number of para-hydroxylation sites is 2. The van der Waals surface area contributed by atoms with Gasteiger partial charge in [-0.25, -0.2) is 9.97 Å². The van der Waals surface area contributed by atoms with Crippen LogP contribution in [0.15, 0.2) is 55.0 Å². The maximum Gasteiger partial charge on any atom is 0.229 e. The van der Waals surface area contributed by atoms with Crippen LogP contribution in [0.5, 0.6) is 0 Å². The van der Waals surface area contributed by atoms with Gasteiger partial charge in [-0.2, -0.15) is 4.98 Å². The van der Waals surface area contributed by atoms with Gasteiger partial charge in [0.1, 0.15) is 5.02 Å². The number of benzene rings is 2. The van der Waals surface area contributed by atoms with Crippen LogP contribution in [0.25, 0.3) is 11.0 Å². The van der Waals surface area contributed by atoms with E-state index in [0.29, 0.717) is 28.2 Å². The molecule has 0 saturated carbocycles. The lowest BCUT2D eigenvalue weighted by Crippen LogP contribution is -2.20. The summed E-state index contributed by atoms with van der Waals surface area (Å²) in [6.07, 6.45) is 3.22. The smallest absolute Gasteiger partial charge is 0.229 e. The predicted molar refractivity (Wildman–Crippen MR) is 118 cm³/mol. The van der Waals surface area contributed by atoms with Crippen molar-refractivity contribution in [2.24, 2.45) is 7.05 Å². The van der Waals surface area contributed by atoms with Gasteiger partial charge in [-0.15, -0.1) is 0 Å². The Morgan fingerprint density at radius 2 is 1.97 bits per heavy atom. The molecule has 1 atom stereocenters. The van der Waals surface area contributed by atoms with E-state index in [4.69, 9.17) is 11.6 Å². The Bertz CT molecular complexity index is 1250. The first kappa shape index (κ1) is 20.1. The van der Waals surface area contributed by atoms with Gasteiger partial charge in [-0.3, -0.25) is 4.21 Å². The van der Waals surface area contributed by atoms with Gasteiger partial charge in [-0.05, 0) is 30.3 Å². The highest BCUT2D eigenvalue weighted by molar-refractivity contribution is 7.80. The second kappa shape index (κ2) is 8.27. The molecule has 0 aliphatic heterocycles. The number of rotatable bonds is 6. The fraction of sp³-hybridized carbons (Fsp3) is 0.105. The molecule has 1 unspecified atom stereocenters. The number of aryl methyl sites for hydroxylation is 1.